The molecule has 0 spiro atoms. The van der Waals surface area contributed by atoms with Crippen molar-refractivity contribution in [1.29, 1.82) is 0 Å². The zero-order valence-electron chi connectivity index (χ0n) is 5.33. The van der Waals surface area contributed by atoms with Gasteiger partial charge in [-0.2, -0.15) is 0 Å². The lowest BCUT2D eigenvalue weighted by atomic mass is 11.9. The maximum atomic E-state index is 3.63. The third kappa shape index (κ3) is 6.83. The van der Waals surface area contributed by atoms with Gasteiger partial charge in [0.25, 0.3) is 0 Å². The van der Waals surface area contributed by atoms with Crippen molar-refractivity contribution in [3.63, 3.8) is 0 Å². The normalized spacial score (nSPS) is 13.7. The maximum absolute atomic E-state index is 3.63. The first kappa shape index (κ1) is 7.83. The Balaban J connectivity index is 2.45. The van der Waals surface area contributed by atoms with Gasteiger partial charge in [-0.25, -0.2) is 0 Å². The summed E-state index contributed by atoms with van der Waals surface area (Å²) in [5.41, 5.74) is 3.16. The summed E-state index contributed by atoms with van der Waals surface area (Å²) in [7, 11) is 3.49. The number of rotatable bonds is 4. The summed E-state index contributed by atoms with van der Waals surface area (Å²) in [6, 6.07) is 0. The van der Waals surface area contributed by atoms with Gasteiger partial charge in [-0.15, -0.1) is 0 Å². The smallest absolute Gasteiger partial charge is 0.0810 e. The van der Waals surface area contributed by atoms with E-state index in [-0.39, 0.29) is 0 Å². The van der Waals surface area contributed by atoms with Gasteiger partial charge in [0.15, 0.2) is 0 Å². The van der Waals surface area contributed by atoms with Gasteiger partial charge in [0, 0.05) is 20.5 Å². The van der Waals surface area contributed by atoms with Crippen molar-refractivity contribution in [2.75, 3.05) is 0 Å². The first-order valence-corrected chi connectivity index (χ1v) is 9.36. The fourth-order valence-electron chi connectivity index (χ4n) is 0.479. The first-order chi connectivity index (χ1) is 3.41. The van der Waals surface area contributed by atoms with Gasteiger partial charge in [-0.3, -0.25) is 0 Å². The van der Waals surface area contributed by atoms with Crippen molar-refractivity contribution < 1.29 is 0 Å². The van der Waals surface area contributed by atoms with Crippen LogP contribution in [0.1, 0.15) is 0 Å². The molecule has 0 saturated carbocycles. The highest BCUT2D eigenvalue weighted by molar-refractivity contribution is 6.58. The minimum Gasteiger partial charge on any atom is -0.369 e. The summed E-state index contributed by atoms with van der Waals surface area (Å²) >= 11 is 0. The van der Waals surface area contributed by atoms with Crippen LogP contribution < -0.4 is 4.65 Å². The van der Waals surface area contributed by atoms with Gasteiger partial charge in [0.2, 0.25) is 0 Å². The number of hydrogen-bond acceptors (Lipinski definition) is 1. The summed E-state index contributed by atoms with van der Waals surface area (Å²) in [5, 5.41) is 0. The van der Waals surface area contributed by atoms with Crippen molar-refractivity contribution in [1.82, 2.24) is 4.65 Å². The fourth-order valence-corrected chi connectivity index (χ4v) is 10.7. The molecule has 0 saturated heterocycles. The standard InChI is InChI=1S/C2H15NSi4/c4-1-6-3-7-2-5/h3H,1-2,6-7H2,4-5H3. The molecule has 0 aromatic carbocycles. The lowest BCUT2D eigenvalue weighted by Gasteiger charge is -1.93. The van der Waals surface area contributed by atoms with Crippen molar-refractivity contribution in [3.8, 4) is 0 Å². The molecule has 0 aliphatic rings. The molecule has 0 fully saturated rings. The van der Waals surface area contributed by atoms with E-state index in [1.165, 1.54) is 20.5 Å². The van der Waals surface area contributed by atoms with Gasteiger partial charge < -0.3 is 4.65 Å². The Hall–Kier alpha value is 0.828. The molecular weight excluding hydrogens is 150 g/mol. The largest absolute Gasteiger partial charge is 0.369 e. The minimum absolute atomic E-state index is 0.306. The van der Waals surface area contributed by atoms with E-state index in [9.17, 15) is 0 Å². The van der Waals surface area contributed by atoms with Crippen molar-refractivity contribution >= 4 is 39.8 Å². The molecule has 0 aromatic heterocycles. The first-order valence-electron chi connectivity index (χ1n) is 3.12. The van der Waals surface area contributed by atoms with E-state index >= 15 is 0 Å². The van der Waals surface area contributed by atoms with Crippen LogP contribution in [-0.2, 0) is 0 Å². The average Bonchev–Trinajstić information content (AvgIpc) is 1.69. The van der Waals surface area contributed by atoms with Crippen LogP contribution in [0.25, 0.3) is 0 Å². The van der Waals surface area contributed by atoms with Crippen LogP contribution in [0.15, 0.2) is 0 Å². The van der Waals surface area contributed by atoms with Gasteiger partial charge in [-0.05, 0) is 0 Å². The fraction of sp³-hybridized carbons (Fsp3) is 1.00. The minimum atomic E-state index is 0.306. The molecule has 0 aliphatic heterocycles. The Morgan fingerprint density at radius 2 is 1.57 bits per heavy atom. The molecule has 0 atom stereocenters. The Kier molecular flexibility index (Phi) is 7.63. The van der Waals surface area contributed by atoms with Gasteiger partial charge in [-0.1, -0.05) is 11.3 Å². The van der Waals surface area contributed by atoms with E-state index in [1.54, 1.807) is 11.3 Å². The summed E-state index contributed by atoms with van der Waals surface area (Å²) < 4.78 is 3.63. The molecule has 44 valence electrons. The molecule has 1 nitrogen and oxygen atoms in total. The molecular formula is C2H15NSi4. The van der Waals surface area contributed by atoms with Crippen LogP contribution in [0.3, 0.4) is 0 Å². The predicted molar refractivity (Wildman–Crippen MR) is 49.7 cm³/mol. The number of nitrogens with one attached hydrogen (secondary N) is 1. The van der Waals surface area contributed by atoms with Crippen molar-refractivity contribution in [3.05, 3.63) is 0 Å². The molecule has 0 radical (unpaired) electrons. The Labute approximate surface area is 56.3 Å². The monoisotopic (exact) mass is 165 g/mol. The quantitative estimate of drug-likeness (QED) is 0.333. The molecule has 0 aliphatic carbocycles. The molecule has 0 unspecified atom stereocenters. The third-order valence-corrected chi connectivity index (χ3v) is 7.68. The lowest BCUT2D eigenvalue weighted by molar-refractivity contribution is 1.54. The zero-order valence-corrected chi connectivity index (χ0v) is 12.2. The number of hydrogen-bond donors (Lipinski definition) is 1. The average molecular weight is 165 g/mol. The summed E-state index contributed by atoms with van der Waals surface area (Å²) in [6.07, 6.45) is 0. The van der Waals surface area contributed by atoms with E-state index in [0.29, 0.717) is 19.4 Å². The summed E-state index contributed by atoms with van der Waals surface area (Å²) in [4.78, 5) is 0. The SMILES string of the molecule is [SiH3]C[SiH2]N[SiH2]C[SiH3]. The summed E-state index contributed by atoms with van der Waals surface area (Å²) in [5.74, 6) is 0. The summed E-state index contributed by atoms with van der Waals surface area (Å²) in [6.45, 7) is 0. The maximum Gasteiger partial charge on any atom is 0.0810 e. The Morgan fingerprint density at radius 3 is 1.86 bits per heavy atom. The van der Waals surface area contributed by atoms with Gasteiger partial charge in [0.1, 0.15) is 0 Å². The zero-order chi connectivity index (χ0) is 5.54. The molecule has 5 heteroatoms. The molecule has 0 amide bonds. The molecule has 7 heavy (non-hydrogen) atoms. The second kappa shape index (κ2) is 6.83. The van der Waals surface area contributed by atoms with Crippen molar-refractivity contribution in [2.45, 2.75) is 11.3 Å². The van der Waals surface area contributed by atoms with Crippen LogP contribution >= 0.6 is 0 Å². The van der Waals surface area contributed by atoms with E-state index in [4.69, 9.17) is 0 Å². The highest BCUT2D eigenvalue weighted by Crippen LogP contribution is 1.61. The third-order valence-electron chi connectivity index (χ3n) is 0.854. The van der Waals surface area contributed by atoms with Crippen LogP contribution in [0.5, 0.6) is 0 Å². The predicted octanol–water partition coefficient (Wildman–Crippen LogP) is -3.77. The van der Waals surface area contributed by atoms with Gasteiger partial charge in [0.05, 0.1) is 19.4 Å². The topological polar surface area (TPSA) is 12.0 Å². The molecule has 0 aromatic rings. The van der Waals surface area contributed by atoms with E-state index < -0.39 is 0 Å². The lowest BCUT2D eigenvalue weighted by Crippen LogP contribution is -2.23. The van der Waals surface area contributed by atoms with Crippen LogP contribution in [-0.4, -0.2) is 39.8 Å². The Morgan fingerprint density at radius 1 is 1.14 bits per heavy atom. The highest BCUT2D eigenvalue weighted by atomic mass is 28.3. The van der Waals surface area contributed by atoms with Crippen LogP contribution in [0, 0.1) is 0 Å². The Bertz CT molecular complexity index is 28.9. The molecule has 1 N–H and O–H groups in total. The second-order valence-corrected chi connectivity index (χ2v) is 12.7. The second-order valence-electron chi connectivity index (χ2n) is 1.75. The van der Waals surface area contributed by atoms with E-state index in [1.807, 2.05) is 0 Å². The molecule has 0 heterocycles. The van der Waals surface area contributed by atoms with Gasteiger partial charge >= 0.3 is 0 Å². The molecule has 0 bridgehead atoms. The molecule has 0 rings (SSSR count). The van der Waals surface area contributed by atoms with Crippen molar-refractivity contribution in [2.24, 2.45) is 0 Å². The van der Waals surface area contributed by atoms with E-state index in [0.717, 1.165) is 0 Å². The van der Waals surface area contributed by atoms with Crippen LogP contribution in [0.4, 0.5) is 0 Å². The van der Waals surface area contributed by atoms with Crippen LogP contribution in [0.2, 0.25) is 11.3 Å². The highest BCUT2D eigenvalue weighted by Gasteiger charge is 1.79. The van der Waals surface area contributed by atoms with E-state index in [2.05, 4.69) is 4.65 Å².